The number of hydrogen-bond donors (Lipinski definition) is 1. The number of benzene rings is 1. The molecule has 2 fully saturated rings. The normalized spacial score (nSPS) is 28.2. The van der Waals surface area contributed by atoms with Crippen molar-refractivity contribution in [2.24, 2.45) is 11.8 Å². The Morgan fingerprint density at radius 1 is 1.19 bits per heavy atom. The van der Waals surface area contributed by atoms with Crippen molar-refractivity contribution in [2.45, 2.75) is 38.8 Å². The predicted octanol–water partition coefficient (Wildman–Crippen LogP) is 2.63. The highest BCUT2D eigenvalue weighted by Gasteiger charge is 2.38. The van der Waals surface area contributed by atoms with Crippen LogP contribution in [0, 0.1) is 11.8 Å². The molecule has 0 bridgehead atoms. The van der Waals surface area contributed by atoms with Gasteiger partial charge in [0, 0.05) is 36.9 Å². The van der Waals surface area contributed by atoms with Crippen molar-refractivity contribution in [1.82, 2.24) is 5.32 Å². The zero-order valence-corrected chi connectivity index (χ0v) is 12.8. The topological polar surface area (TPSA) is 33.7 Å². The number of hydrogen-bond acceptors (Lipinski definition) is 4. The highest BCUT2D eigenvalue weighted by molar-refractivity contribution is 5.58. The molecular weight excluding hydrogens is 264 g/mol. The Bertz CT molecular complexity index is 528. The summed E-state index contributed by atoms with van der Waals surface area (Å²) in [6.45, 7) is 7.15. The van der Waals surface area contributed by atoms with Crippen LogP contribution in [0.4, 0.5) is 5.69 Å². The largest absolute Gasteiger partial charge is 0.454 e. The van der Waals surface area contributed by atoms with Crippen LogP contribution >= 0.6 is 0 Å². The highest BCUT2D eigenvalue weighted by Crippen LogP contribution is 2.39. The van der Waals surface area contributed by atoms with Crippen LogP contribution < -0.4 is 19.7 Å². The molecule has 4 nitrogen and oxygen atoms in total. The molecule has 2 atom stereocenters. The fourth-order valence-electron chi connectivity index (χ4n) is 3.56. The second-order valence-corrected chi connectivity index (χ2v) is 6.85. The molecule has 2 aliphatic heterocycles. The number of rotatable bonds is 3. The van der Waals surface area contributed by atoms with Crippen molar-refractivity contribution in [3.8, 4) is 11.5 Å². The number of fused-ring (bicyclic) bond motifs is 1. The number of piperazine rings is 1. The van der Waals surface area contributed by atoms with Crippen LogP contribution in [0.3, 0.4) is 0 Å². The first kappa shape index (κ1) is 13.3. The number of anilines is 1. The summed E-state index contributed by atoms with van der Waals surface area (Å²) in [5.74, 6) is 3.27. The molecule has 0 aromatic heterocycles. The summed E-state index contributed by atoms with van der Waals surface area (Å²) in [7, 11) is 0. The van der Waals surface area contributed by atoms with Crippen LogP contribution in [0.2, 0.25) is 0 Å². The first-order valence-electron chi connectivity index (χ1n) is 8.12. The maximum absolute atomic E-state index is 5.55. The maximum Gasteiger partial charge on any atom is 0.231 e. The zero-order chi connectivity index (χ0) is 14.4. The van der Waals surface area contributed by atoms with Crippen molar-refractivity contribution < 1.29 is 9.47 Å². The lowest BCUT2D eigenvalue weighted by Crippen LogP contribution is -2.59. The standard InChI is InChI=1S/C17H24N2O2/c1-11(2)15-8-18-14(12-3-4-12)9-19(15)13-5-6-16-17(7-13)21-10-20-16/h5-7,11-12,14-15,18H,3-4,8-10H2,1-2H3. The van der Waals surface area contributed by atoms with Crippen LogP contribution in [0.1, 0.15) is 26.7 Å². The molecule has 0 spiro atoms. The Labute approximate surface area is 126 Å². The Morgan fingerprint density at radius 2 is 2.00 bits per heavy atom. The lowest BCUT2D eigenvalue weighted by molar-refractivity contribution is 0.174. The third-order valence-corrected chi connectivity index (χ3v) is 5.03. The Balaban J connectivity index is 1.61. The Hall–Kier alpha value is -1.42. The molecule has 1 saturated heterocycles. The monoisotopic (exact) mass is 288 g/mol. The van der Waals surface area contributed by atoms with Gasteiger partial charge in [-0.25, -0.2) is 0 Å². The molecule has 1 aromatic carbocycles. The van der Waals surface area contributed by atoms with E-state index < -0.39 is 0 Å². The van der Waals surface area contributed by atoms with Crippen molar-refractivity contribution in [2.75, 3.05) is 24.8 Å². The van der Waals surface area contributed by atoms with Gasteiger partial charge in [-0.05, 0) is 36.8 Å². The predicted molar refractivity (Wildman–Crippen MR) is 83.1 cm³/mol. The van der Waals surface area contributed by atoms with Crippen molar-refractivity contribution >= 4 is 5.69 Å². The van der Waals surface area contributed by atoms with Gasteiger partial charge >= 0.3 is 0 Å². The van der Waals surface area contributed by atoms with Gasteiger partial charge in [-0.15, -0.1) is 0 Å². The summed E-state index contributed by atoms with van der Waals surface area (Å²) in [5.41, 5.74) is 1.27. The third-order valence-electron chi connectivity index (χ3n) is 5.03. The second-order valence-electron chi connectivity index (χ2n) is 6.85. The summed E-state index contributed by atoms with van der Waals surface area (Å²) in [4.78, 5) is 2.58. The summed E-state index contributed by atoms with van der Waals surface area (Å²) >= 11 is 0. The number of nitrogens with zero attached hydrogens (tertiary/aromatic N) is 1. The van der Waals surface area contributed by atoms with E-state index in [2.05, 4.69) is 36.2 Å². The van der Waals surface area contributed by atoms with Gasteiger partial charge in [0.25, 0.3) is 0 Å². The SMILES string of the molecule is CC(C)C1CNC(C2CC2)CN1c1ccc2c(c1)OCO2. The summed E-state index contributed by atoms with van der Waals surface area (Å²) in [6, 6.07) is 7.56. The number of ether oxygens (including phenoxy) is 2. The van der Waals surface area contributed by atoms with Crippen molar-refractivity contribution in [3.63, 3.8) is 0 Å². The van der Waals surface area contributed by atoms with E-state index in [1.807, 2.05) is 6.07 Å². The van der Waals surface area contributed by atoms with Gasteiger partial charge in [-0.2, -0.15) is 0 Å². The van der Waals surface area contributed by atoms with Gasteiger partial charge in [-0.3, -0.25) is 0 Å². The van der Waals surface area contributed by atoms with E-state index in [9.17, 15) is 0 Å². The molecule has 4 heteroatoms. The highest BCUT2D eigenvalue weighted by atomic mass is 16.7. The lowest BCUT2D eigenvalue weighted by Gasteiger charge is -2.44. The average molecular weight is 288 g/mol. The van der Waals surface area contributed by atoms with E-state index in [1.54, 1.807) is 0 Å². The zero-order valence-electron chi connectivity index (χ0n) is 12.8. The summed E-state index contributed by atoms with van der Waals surface area (Å²) < 4.78 is 11.0. The lowest BCUT2D eigenvalue weighted by atomic mass is 9.96. The van der Waals surface area contributed by atoms with Crippen molar-refractivity contribution in [1.29, 1.82) is 0 Å². The summed E-state index contributed by atoms with van der Waals surface area (Å²) in [6.07, 6.45) is 2.78. The molecule has 0 amide bonds. The van der Waals surface area contributed by atoms with Crippen LogP contribution in [-0.4, -0.2) is 32.0 Å². The fourth-order valence-corrected chi connectivity index (χ4v) is 3.56. The van der Waals surface area contributed by atoms with E-state index in [1.165, 1.54) is 18.5 Å². The quantitative estimate of drug-likeness (QED) is 0.927. The van der Waals surface area contributed by atoms with E-state index in [0.717, 1.165) is 30.5 Å². The molecule has 3 aliphatic rings. The van der Waals surface area contributed by atoms with Crippen LogP contribution in [-0.2, 0) is 0 Å². The molecule has 21 heavy (non-hydrogen) atoms. The maximum atomic E-state index is 5.55. The minimum Gasteiger partial charge on any atom is -0.454 e. The molecule has 1 N–H and O–H groups in total. The van der Waals surface area contributed by atoms with E-state index in [0.29, 0.717) is 24.8 Å². The van der Waals surface area contributed by atoms with E-state index in [4.69, 9.17) is 9.47 Å². The van der Waals surface area contributed by atoms with E-state index >= 15 is 0 Å². The molecule has 2 unspecified atom stereocenters. The van der Waals surface area contributed by atoms with Gasteiger partial charge < -0.3 is 19.7 Å². The molecule has 114 valence electrons. The third kappa shape index (κ3) is 2.46. The van der Waals surface area contributed by atoms with E-state index in [-0.39, 0.29) is 0 Å². The van der Waals surface area contributed by atoms with Crippen LogP contribution in [0.5, 0.6) is 11.5 Å². The first-order valence-corrected chi connectivity index (χ1v) is 8.12. The molecule has 2 heterocycles. The fraction of sp³-hybridized carbons (Fsp3) is 0.647. The van der Waals surface area contributed by atoms with Gasteiger partial charge in [0.1, 0.15) is 0 Å². The van der Waals surface area contributed by atoms with Gasteiger partial charge in [0.05, 0.1) is 0 Å². The van der Waals surface area contributed by atoms with Gasteiger partial charge in [-0.1, -0.05) is 13.8 Å². The Morgan fingerprint density at radius 3 is 2.76 bits per heavy atom. The molecule has 0 radical (unpaired) electrons. The van der Waals surface area contributed by atoms with Crippen LogP contribution in [0.15, 0.2) is 18.2 Å². The van der Waals surface area contributed by atoms with Gasteiger partial charge in [0.2, 0.25) is 6.79 Å². The smallest absolute Gasteiger partial charge is 0.231 e. The molecule has 1 aliphatic carbocycles. The molecule has 1 saturated carbocycles. The molecular formula is C17H24N2O2. The second kappa shape index (κ2) is 5.09. The molecule has 1 aromatic rings. The minimum atomic E-state index is 0.346. The van der Waals surface area contributed by atoms with Crippen molar-refractivity contribution in [3.05, 3.63) is 18.2 Å². The Kier molecular flexibility index (Phi) is 3.21. The average Bonchev–Trinajstić information content (AvgIpc) is 3.24. The molecule has 4 rings (SSSR count). The number of nitrogens with one attached hydrogen (secondary N) is 1. The van der Waals surface area contributed by atoms with Crippen LogP contribution in [0.25, 0.3) is 0 Å². The first-order chi connectivity index (χ1) is 10.2. The summed E-state index contributed by atoms with van der Waals surface area (Å²) in [5, 5.41) is 3.77. The van der Waals surface area contributed by atoms with Gasteiger partial charge in [0.15, 0.2) is 11.5 Å². The minimum absolute atomic E-state index is 0.346.